The van der Waals surface area contributed by atoms with Crippen molar-refractivity contribution >= 4 is 51.5 Å². The van der Waals surface area contributed by atoms with Crippen molar-refractivity contribution in [3.63, 3.8) is 0 Å². The molecule has 106 valence electrons. The van der Waals surface area contributed by atoms with Gasteiger partial charge in [-0.3, -0.25) is 9.69 Å². The molecule has 1 aliphatic rings. The fourth-order valence-electron chi connectivity index (χ4n) is 2.23. The Morgan fingerprint density at radius 1 is 1.10 bits per heavy atom. The van der Waals surface area contributed by atoms with E-state index < -0.39 is 0 Å². The summed E-state index contributed by atoms with van der Waals surface area (Å²) >= 11 is 12.7. The molecule has 0 N–H and O–H groups in total. The van der Waals surface area contributed by atoms with Gasteiger partial charge in [0.1, 0.15) is 4.32 Å². The van der Waals surface area contributed by atoms with Crippen LogP contribution in [0.15, 0.2) is 54.6 Å². The van der Waals surface area contributed by atoms with Crippen LogP contribution in [0.4, 0.5) is 5.69 Å². The molecule has 0 aliphatic carbocycles. The minimum absolute atomic E-state index is 0.0474. The molecule has 1 saturated heterocycles. The van der Waals surface area contributed by atoms with Crippen LogP contribution in [0, 0.1) is 0 Å². The Kier molecular flexibility index (Phi) is 4.29. The number of para-hydroxylation sites is 1. The van der Waals surface area contributed by atoms with Crippen molar-refractivity contribution < 1.29 is 4.79 Å². The molecule has 2 nitrogen and oxygen atoms in total. The highest BCUT2D eigenvalue weighted by Crippen LogP contribution is 2.33. The van der Waals surface area contributed by atoms with Gasteiger partial charge in [-0.2, -0.15) is 0 Å². The number of thiocarbonyl (C=S) groups is 1. The van der Waals surface area contributed by atoms with Crippen molar-refractivity contribution in [1.29, 1.82) is 0 Å². The Balaban J connectivity index is 1.79. The number of rotatable bonds is 3. The summed E-state index contributed by atoms with van der Waals surface area (Å²) in [6, 6.07) is 17.1. The third-order valence-electron chi connectivity index (χ3n) is 3.27. The third kappa shape index (κ3) is 3.12. The second-order valence-electron chi connectivity index (χ2n) is 4.71. The van der Waals surface area contributed by atoms with Crippen LogP contribution < -0.4 is 4.90 Å². The van der Waals surface area contributed by atoms with Crippen molar-refractivity contribution in [3.8, 4) is 0 Å². The summed E-state index contributed by atoms with van der Waals surface area (Å²) in [7, 11) is 0. The summed E-state index contributed by atoms with van der Waals surface area (Å²) in [5.74, 6) is 0.0474. The van der Waals surface area contributed by atoms with Gasteiger partial charge in [-0.1, -0.05) is 65.9 Å². The summed E-state index contributed by atoms with van der Waals surface area (Å²) < 4.78 is 0.616. The van der Waals surface area contributed by atoms with E-state index in [9.17, 15) is 4.79 Å². The Hall–Kier alpha value is -1.36. The molecule has 0 bridgehead atoms. The number of benzene rings is 2. The number of anilines is 1. The molecule has 21 heavy (non-hydrogen) atoms. The zero-order valence-corrected chi connectivity index (χ0v) is 13.4. The first-order valence-electron chi connectivity index (χ1n) is 6.49. The lowest BCUT2D eigenvalue weighted by Crippen LogP contribution is -2.31. The molecule has 1 aliphatic heterocycles. The summed E-state index contributed by atoms with van der Waals surface area (Å²) in [6.45, 7) is 0. The molecule has 2 aromatic carbocycles. The molecule has 5 heteroatoms. The van der Waals surface area contributed by atoms with E-state index in [2.05, 4.69) is 0 Å². The molecule has 0 aromatic heterocycles. The zero-order valence-electron chi connectivity index (χ0n) is 11.0. The van der Waals surface area contributed by atoms with Crippen molar-refractivity contribution in [2.24, 2.45) is 0 Å². The molecular weight excluding hydrogens is 322 g/mol. The molecule has 3 rings (SSSR count). The number of hydrogen-bond donors (Lipinski definition) is 0. The average molecular weight is 334 g/mol. The van der Waals surface area contributed by atoms with E-state index >= 15 is 0 Å². The van der Waals surface area contributed by atoms with E-state index in [1.807, 2.05) is 54.6 Å². The maximum atomic E-state index is 12.6. The maximum absolute atomic E-state index is 12.6. The Morgan fingerprint density at radius 2 is 1.76 bits per heavy atom. The molecular formula is C16H12ClNOS2. The Labute approximate surface area is 138 Å². The van der Waals surface area contributed by atoms with Crippen molar-refractivity contribution in [3.05, 3.63) is 65.2 Å². The largest absolute Gasteiger partial charge is 0.273 e. The number of hydrogen-bond acceptors (Lipinski definition) is 3. The van der Waals surface area contributed by atoms with Gasteiger partial charge in [-0.15, -0.1) is 0 Å². The number of carbonyl (C=O) groups is 1. The van der Waals surface area contributed by atoms with Crippen LogP contribution in [0.5, 0.6) is 0 Å². The van der Waals surface area contributed by atoms with Gasteiger partial charge in [0.15, 0.2) is 0 Å². The van der Waals surface area contributed by atoms with Gasteiger partial charge in [-0.25, -0.2) is 0 Å². The Morgan fingerprint density at radius 3 is 2.43 bits per heavy atom. The van der Waals surface area contributed by atoms with E-state index in [0.29, 0.717) is 15.8 Å². The summed E-state index contributed by atoms with van der Waals surface area (Å²) in [5, 5.41) is 0.532. The molecule has 0 spiro atoms. The molecule has 0 saturated carbocycles. The number of amides is 1. The van der Waals surface area contributed by atoms with E-state index in [1.54, 1.807) is 4.90 Å². The minimum Gasteiger partial charge on any atom is -0.273 e. The molecule has 1 fully saturated rings. The first-order valence-corrected chi connectivity index (χ1v) is 8.16. The van der Waals surface area contributed by atoms with Gasteiger partial charge in [0.25, 0.3) is 0 Å². The molecule has 1 atom stereocenters. The highest BCUT2D eigenvalue weighted by molar-refractivity contribution is 8.25. The van der Waals surface area contributed by atoms with E-state index in [-0.39, 0.29) is 11.2 Å². The normalized spacial score (nSPS) is 18.3. The summed E-state index contributed by atoms with van der Waals surface area (Å²) in [4.78, 5) is 14.2. The maximum Gasteiger partial charge on any atom is 0.246 e. The van der Waals surface area contributed by atoms with Crippen LogP contribution in [0.1, 0.15) is 5.56 Å². The zero-order chi connectivity index (χ0) is 14.8. The van der Waals surface area contributed by atoms with Gasteiger partial charge < -0.3 is 0 Å². The fraction of sp³-hybridized carbons (Fsp3) is 0.125. The van der Waals surface area contributed by atoms with E-state index in [1.165, 1.54) is 11.8 Å². The SMILES string of the molecule is O=C1C(Cc2ccc(Cl)cc2)SC(=S)N1c1ccccc1. The van der Waals surface area contributed by atoms with Crippen LogP contribution in [0.2, 0.25) is 5.02 Å². The standard InChI is InChI=1S/C16H12ClNOS2/c17-12-8-6-11(7-9-12)10-14-15(19)18(16(20)21-14)13-4-2-1-3-5-13/h1-9,14H,10H2. The van der Waals surface area contributed by atoms with Gasteiger partial charge >= 0.3 is 0 Å². The molecule has 0 radical (unpaired) electrons. The van der Waals surface area contributed by atoms with Crippen LogP contribution in [0.3, 0.4) is 0 Å². The van der Waals surface area contributed by atoms with Crippen molar-refractivity contribution in [2.75, 3.05) is 4.90 Å². The summed E-state index contributed by atoms with van der Waals surface area (Å²) in [6.07, 6.45) is 0.657. The second kappa shape index (κ2) is 6.18. The minimum atomic E-state index is -0.168. The topological polar surface area (TPSA) is 20.3 Å². The highest BCUT2D eigenvalue weighted by atomic mass is 35.5. The lowest BCUT2D eigenvalue weighted by molar-refractivity contribution is -0.116. The van der Waals surface area contributed by atoms with E-state index in [4.69, 9.17) is 23.8 Å². The van der Waals surface area contributed by atoms with E-state index in [0.717, 1.165) is 11.3 Å². The number of halogens is 1. The van der Waals surface area contributed by atoms with Gasteiger partial charge in [0.2, 0.25) is 5.91 Å². The van der Waals surface area contributed by atoms with Crippen LogP contribution >= 0.6 is 35.6 Å². The highest BCUT2D eigenvalue weighted by Gasteiger charge is 2.37. The molecule has 1 heterocycles. The molecule has 1 amide bonds. The fourth-order valence-corrected chi connectivity index (χ4v) is 3.93. The lowest BCUT2D eigenvalue weighted by atomic mass is 10.1. The summed E-state index contributed by atoms with van der Waals surface area (Å²) in [5.41, 5.74) is 1.92. The number of nitrogens with zero attached hydrogens (tertiary/aromatic N) is 1. The molecule has 2 aromatic rings. The predicted molar refractivity (Wildman–Crippen MR) is 93.1 cm³/mol. The number of thioether (sulfide) groups is 1. The first-order chi connectivity index (χ1) is 10.1. The van der Waals surface area contributed by atoms with Gasteiger partial charge in [-0.05, 0) is 36.2 Å². The van der Waals surface area contributed by atoms with Crippen molar-refractivity contribution in [1.82, 2.24) is 0 Å². The lowest BCUT2D eigenvalue weighted by Gasteiger charge is -2.15. The first kappa shape index (κ1) is 14.6. The average Bonchev–Trinajstić information content (AvgIpc) is 2.77. The third-order valence-corrected chi connectivity index (χ3v) is 5.03. The van der Waals surface area contributed by atoms with Crippen LogP contribution in [0.25, 0.3) is 0 Å². The van der Waals surface area contributed by atoms with Gasteiger partial charge in [0, 0.05) is 5.02 Å². The number of carbonyl (C=O) groups excluding carboxylic acids is 1. The quantitative estimate of drug-likeness (QED) is 0.780. The van der Waals surface area contributed by atoms with Crippen LogP contribution in [-0.4, -0.2) is 15.5 Å². The Bertz CT molecular complexity index is 672. The van der Waals surface area contributed by atoms with Crippen molar-refractivity contribution in [2.45, 2.75) is 11.7 Å². The van der Waals surface area contributed by atoms with Gasteiger partial charge in [0.05, 0.1) is 10.9 Å². The molecule has 1 unspecified atom stereocenters. The monoisotopic (exact) mass is 333 g/mol. The predicted octanol–water partition coefficient (Wildman–Crippen LogP) is 4.32. The smallest absolute Gasteiger partial charge is 0.246 e. The second-order valence-corrected chi connectivity index (χ2v) is 6.99. The van der Waals surface area contributed by atoms with Crippen LogP contribution in [-0.2, 0) is 11.2 Å².